The molecular weight excluding hydrogens is 400 g/mol. The number of oxazole rings is 1. The van der Waals surface area contributed by atoms with E-state index in [0.29, 0.717) is 23.0 Å². The number of hydrogen-bond acceptors (Lipinski definition) is 9. The van der Waals surface area contributed by atoms with Gasteiger partial charge in [0.1, 0.15) is 6.26 Å². The second-order valence-corrected chi connectivity index (χ2v) is 5.38. The number of rotatable bonds is 4. The molecule has 0 amide bonds. The molecule has 3 rings (SSSR count). The normalized spacial score (nSPS) is 9.89. The molecule has 144 valence electrons. The zero-order chi connectivity index (χ0) is 20.8. The van der Waals surface area contributed by atoms with Gasteiger partial charge in [0.15, 0.2) is 0 Å². The van der Waals surface area contributed by atoms with Crippen LogP contribution in [0.25, 0.3) is 11.5 Å². The summed E-state index contributed by atoms with van der Waals surface area (Å²) in [5.74, 6) is -0.590. The highest BCUT2D eigenvalue weighted by molar-refractivity contribution is 6.30. The first-order valence-electron chi connectivity index (χ1n) is 7.16. The topological polar surface area (TPSA) is 176 Å². The molecule has 0 radical (unpaired) electrons. The standard InChI is InChI=1S/C9H6ClNO.C6H3N3O7/c10-8-3-1-7(2-4-8)9-11-5-6-12-9;10-6-4(8(13)14)1-3(7(11)12)2-5(6)9(15)16/h1-6H;1-2,10H. The lowest BCUT2D eigenvalue weighted by molar-refractivity contribution is -0.404. The number of nitro benzene ring substituents is 3. The van der Waals surface area contributed by atoms with Crippen molar-refractivity contribution in [3.8, 4) is 17.2 Å². The van der Waals surface area contributed by atoms with Crippen molar-refractivity contribution in [3.05, 3.63) is 84.2 Å². The summed E-state index contributed by atoms with van der Waals surface area (Å²) in [5.41, 5.74) is -2.07. The highest BCUT2D eigenvalue weighted by Crippen LogP contribution is 2.38. The van der Waals surface area contributed by atoms with Crippen LogP contribution in [0, 0.1) is 30.3 Å². The number of hydrogen-bond donors (Lipinski definition) is 1. The van der Waals surface area contributed by atoms with E-state index in [1.807, 2.05) is 12.1 Å². The van der Waals surface area contributed by atoms with Crippen molar-refractivity contribution >= 4 is 28.7 Å². The van der Waals surface area contributed by atoms with Crippen LogP contribution in [0.2, 0.25) is 5.02 Å². The highest BCUT2D eigenvalue weighted by atomic mass is 35.5. The van der Waals surface area contributed by atoms with Gasteiger partial charge in [0.05, 0.1) is 33.1 Å². The molecule has 0 spiro atoms. The highest BCUT2D eigenvalue weighted by Gasteiger charge is 2.30. The van der Waals surface area contributed by atoms with E-state index in [2.05, 4.69) is 4.98 Å². The molecule has 0 unspecified atom stereocenters. The number of nitrogens with zero attached hydrogens (tertiary/aromatic N) is 4. The van der Waals surface area contributed by atoms with Crippen molar-refractivity contribution in [2.75, 3.05) is 0 Å². The lowest BCUT2D eigenvalue weighted by Crippen LogP contribution is -1.97. The van der Waals surface area contributed by atoms with Gasteiger partial charge < -0.3 is 9.52 Å². The second kappa shape index (κ2) is 8.55. The maximum Gasteiger partial charge on any atom is 0.324 e. The minimum absolute atomic E-state index is 0.447. The lowest BCUT2D eigenvalue weighted by atomic mass is 10.2. The van der Waals surface area contributed by atoms with Crippen molar-refractivity contribution < 1.29 is 24.3 Å². The van der Waals surface area contributed by atoms with Gasteiger partial charge in [-0.1, -0.05) is 11.6 Å². The molecule has 1 N–H and O–H groups in total. The molecule has 1 heterocycles. The monoisotopic (exact) mass is 408 g/mol. The minimum atomic E-state index is -1.21. The fourth-order valence-corrected chi connectivity index (χ4v) is 2.06. The van der Waals surface area contributed by atoms with E-state index in [4.69, 9.17) is 21.1 Å². The molecule has 2 aromatic carbocycles. The summed E-state index contributed by atoms with van der Waals surface area (Å²) >= 11 is 5.72. The molecule has 0 bridgehead atoms. The third-order valence-electron chi connectivity index (χ3n) is 3.18. The van der Waals surface area contributed by atoms with Crippen LogP contribution in [0.5, 0.6) is 5.75 Å². The Morgan fingerprint density at radius 1 is 0.929 bits per heavy atom. The maximum absolute atomic E-state index is 10.4. The Bertz CT molecular complexity index is 986. The number of halogens is 1. The molecule has 0 aliphatic carbocycles. The Morgan fingerprint density at radius 3 is 1.86 bits per heavy atom. The summed E-state index contributed by atoms with van der Waals surface area (Å²) in [6.45, 7) is 0. The molecule has 0 saturated carbocycles. The van der Waals surface area contributed by atoms with Gasteiger partial charge in [-0.3, -0.25) is 30.3 Å². The van der Waals surface area contributed by atoms with E-state index in [1.54, 1.807) is 24.6 Å². The molecule has 0 fully saturated rings. The number of aromatic nitrogens is 1. The van der Waals surface area contributed by atoms with E-state index >= 15 is 0 Å². The first-order chi connectivity index (χ1) is 13.2. The third kappa shape index (κ3) is 4.76. The average Bonchev–Trinajstić information content (AvgIpc) is 3.17. The molecule has 3 aromatic rings. The van der Waals surface area contributed by atoms with Gasteiger partial charge in [0, 0.05) is 10.6 Å². The minimum Gasteiger partial charge on any atom is -0.497 e. The Hall–Kier alpha value is -4.06. The van der Waals surface area contributed by atoms with Crippen molar-refractivity contribution in [2.24, 2.45) is 0 Å². The fourth-order valence-electron chi connectivity index (χ4n) is 1.93. The number of aromatic hydroxyl groups is 1. The first kappa shape index (κ1) is 20.3. The van der Waals surface area contributed by atoms with Crippen molar-refractivity contribution in [2.45, 2.75) is 0 Å². The third-order valence-corrected chi connectivity index (χ3v) is 3.43. The van der Waals surface area contributed by atoms with Crippen LogP contribution < -0.4 is 0 Å². The first-order valence-corrected chi connectivity index (χ1v) is 7.54. The predicted octanol–water partition coefficient (Wildman–Crippen LogP) is 4.11. The molecule has 28 heavy (non-hydrogen) atoms. The summed E-state index contributed by atoms with van der Waals surface area (Å²) < 4.78 is 5.11. The van der Waals surface area contributed by atoms with Gasteiger partial charge in [-0.05, 0) is 24.3 Å². The van der Waals surface area contributed by atoms with Crippen molar-refractivity contribution in [1.29, 1.82) is 0 Å². The van der Waals surface area contributed by atoms with E-state index in [9.17, 15) is 30.3 Å². The summed E-state index contributed by atoms with van der Waals surface area (Å²) in [5, 5.41) is 40.9. The van der Waals surface area contributed by atoms with Crippen LogP contribution >= 0.6 is 11.6 Å². The SMILES string of the molecule is Clc1ccc(-c2ncco2)cc1.O=[N+]([O-])c1cc([N+](=O)[O-])c(O)c([N+](=O)[O-])c1. The number of benzene rings is 2. The molecule has 12 nitrogen and oxygen atoms in total. The molecule has 0 aliphatic heterocycles. The van der Waals surface area contributed by atoms with Gasteiger partial charge in [0.25, 0.3) is 11.4 Å². The smallest absolute Gasteiger partial charge is 0.324 e. The van der Waals surface area contributed by atoms with Crippen LogP contribution in [0.4, 0.5) is 17.1 Å². The van der Waals surface area contributed by atoms with Crippen LogP contribution in [0.1, 0.15) is 0 Å². The lowest BCUT2D eigenvalue weighted by Gasteiger charge is -1.97. The number of phenolic OH excluding ortho intramolecular Hbond substituents is 1. The van der Waals surface area contributed by atoms with Crippen LogP contribution in [0.15, 0.2) is 53.3 Å². The summed E-state index contributed by atoms with van der Waals surface area (Å²) in [7, 11) is 0. The Labute approximate surface area is 160 Å². The molecule has 0 aliphatic rings. The van der Waals surface area contributed by atoms with Crippen molar-refractivity contribution in [1.82, 2.24) is 4.98 Å². The largest absolute Gasteiger partial charge is 0.497 e. The predicted molar refractivity (Wildman–Crippen MR) is 95.0 cm³/mol. The van der Waals surface area contributed by atoms with Gasteiger partial charge in [-0.25, -0.2) is 4.98 Å². The Balaban J connectivity index is 0.000000207. The van der Waals surface area contributed by atoms with Crippen molar-refractivity contribution in [3.63, 3.8) is 0 Å². The zero-order valence-electron chi connectivity index (χ0n) is 13.6. The van der Waals surface area contributed by atoms with E-state index in [-0.39, 0.29) is 0 Å². The van der Waals surface area contributed by atoms with Gasteiger partial charge in [0.2, 0.25) is 5.89 Å². The molecule has 13 heteroatoms. The Morgan fingerprint density at radius 2 is 1.46 bits per heavy atom. The van der Waals surface area contributed by atoms with E-state index < -0.39 is 37.6 Å². The average molecular weight is 409 g/mol. The maximum atomic E-state index is 10.4. The molecule has 0 atom stereocenters. The fraction of sp³-hybridized carbons (Fsp3) is 0. The number of nitro groups is 3. The van der Waals surface area contributed by atoms with Gasteiger partial charge >= 0.3 is 11.4 Å². The Kier molecular flexibility index (Phi) is 6.18. The number of non-ortho nitro benzene ring substituents is 1. The zero-order valence-corrected chi connectivity index (χ0v) is 14.3. The van der Waals surface area contributed by atoms with Gasteiger partial charge in [-0.15, -0.1) is 0 Å². The van der Waals surface area contributed by atoms with E-state index in [0.717, 1.165) is 5.56 Å². The van der Waals surface area contributed by atoms with Crippen LogP contribution in [-0.2, 0) is 0 Å². The summed E-state index contributed by atoms with van der Waals surface area (Å²) in [4.78, 5) is 31.8. The van der Waals surface area contributed by atoms with E-state index in [1.165, 1.54) is 0 Å². The summed E-state index contributed by atoms with van der Waals surface area (Å²) in [6, 6.07) is 8.25. The molecular formula is C15H9ClN4O8. The van der Waals surface area contributed by atoms with Crippen LogP contribution in [-0.4, -0.2) is 24.9 Å². The molecule has 1 aromatic heterocycles. The summed E-state index contributed by atoms with van der Waals surface area (Å²) in [6.07, 6.45) is 3.16. The quantitative estimate of drug-likeness (QED) is 0.491. The van der Waals surface area contributed by atoms with Crippen LogP contribution in [0.3, 0.4) is 0 Å². The van der Waals surface area contributed by atoms with Gasteiger partial charge in [-0.2, -0.15) is 0 Å². The molecule has 0 saturated heterocycles. The number of phenols is 1. The second-order valence-electron chi connectivity index (χ2n) is 4.95.